The normalized spacial score (nSPS) is 16.0. The highest BCUT2D eigenvalue weighted by molar-refractivity contribution is 5.85. The first-order valence-electron chi connectivity index (χ1n) is 8.65. The Kier molecular flexibility index (Phi) is 3.16. The van der Waals surface area contributed by atoms with Gasteiger partial charge in [-0.25, -0.2) is 4.68 Å². The number of para-hydroxylation sites is 1. The molecule has 1 N–H and O–H groups in total. The van der Waals surface area contributed by atoms with Crippen LogP contribution < -0.4 is 10.2 Å². The van der Waals surface area contributed by atoms with E-state index in [1.54, 1.807) is 20.2 Å². The minimum atomic E-state index is -0.185. The van der Waals surface area contributed by atoms with Crippen LogP contribution in [0.3, 0.4) is 0 Å². The van der Waals surface area contributed by atoms with Crippen LogP contribution in [0.4, 0.5) is 0 Å². The molecule has 0 bridgehead atoms. The molecule has 0 saturated heterocycles. The molecule has 126 valence electrons. The molecule has 5 rings (SSSR count). The van der Waals surface area contributed by atoms with Crippen LogP contribution in [-0.4, -0.2) is 29.7 Å². The predicted molar refractivity (Wildman–Crippen MR) is 90.6 cm³/mol. The number of hydrogen-bond acceptors (Lipinski definition) is 4. The van der Waals surface area contributed by atoms with Crippen LogP contribution in [0.2, 0.25) is 0 Å². The third-order valence-corrected chi connectivity index (χ3v) is 4.94. The molecule has 4 aromatic rings. The zero-order chi connectivity index (χ0) is 16.8. The van der Waals surface area contributed by atoms with Crippen molar-refractivity contribution in [3.63, 3.8) is 0 Å². The summed E-state index contributed by atoms with van der Waals surface area (Å²) in [5.74, 6) is 0. The number of aromatic amines is 1. The van der Waals surface area contributed by atoms with Gasteiger partial charge < -0.3 is 0 Å². The highest BCUT2D eigenvalue weighted by atomic mass is 16.1. The van der Waals surface area contributed by atoms with Crippen molar-refractivity contribution >= 4 is 16.7 Å². The standard InChI is InChI=1S/C17H17N7O/c25-17-15-14(18-21-24(15)13-9-5-2-6-10-13)16-19-22(11-23(16)20-17)12-7-3-1-4-8-12/h1,3-4,7-8,11,13H,2,5-6,9-10H2/p+1. The Hall–Kier alpha value is -3.03. The summed E-state index contributed by atoms with van der Waals surface area (Å²) in [6.45, 7) is 0. The lowest BCUT2D eigenvalue weighted by atomic mass is 9.95. The van der Waals surface area contributed by atoms with Gasteiger partial charge in [0, 0.05) is 0 Å². The summed E-state index contributed by atoms with van der Waals surface area (Å²) in [5, 5.41) is 16.1. The first-order chi connectivity index (χ1) is 12.3. The van der Waals surface area contributed by atoms with Gasteiger partial charge in [0.1, 0.15) is 0 Å². The molecule has 3 aromatic heterocycles. The largest absolute Gasteiger partial charge is 0.314 e. The summed E-state index contributed by atoms with van der Waals surface area (Å²) in [5.41, 5.74) is 2.39. The zero-order valence-corrected chi connectivity index (χ0v) is 13.7. The Morgan fingerprint density at radius 2 is 1.92 bits per heavy atom. The maximum Gasteiger partial charge on any atom is 0.314 e. The van der Waals surface area contributed by atoms with Gasteiger partial charge >= 0.3 is 11.2 Å². The lowest BCUT2D eigenvalue weighted by Crippen LogP contribution is -2.31. The molecule has 1 aliphatic rings. The minimum Gasteiger partial charge on any atom is -0.264 e. The quantitative estimate of drug-likeness (QED) is 0.563. The van der Waals surface area contributed by atoms with Gasteiger partial charge in [0.2, 0.25) is 0 Å². The molecule has 8 nitrogen and oxygen atoms in total. The number of aromatic nitrogens is 7. The Labute approximate surface area is 142 Å². The molecule has 3 heterocycles. The molecule has 0 radical (unpaired) electrons. The van der Waals surface area contributed by atoms with Crippen molar-refractivity contribution in [2.75, 3.05) is 0 Å². The molecule has 1 saturated carbocycles. The molecule has 0 spiro atoms. The Balaban J connectivity index is 1.71. The lowest BCUT2D eigenvalue weighted by Gasteiger charge is -2.21. The second-order valence-electron chi connectivity index (χ2n) is 6.55. The average Bonchev–Trinajstić information content (AvgIpc) is 3.28. The fourth-order valence-electron chi connectivity index (χ4n) is 3.69. The molecular formula is C17H18N7O+. The predicted octanol–water partition coefficient (Wildman–Crippen LogP) is 1.55. The number of hydrogen-bond donors (Lipinski definition) is 1. The number of nitrogens with one attached hydrogen (secondary N) is 1. The smallest absolute Gasteiger partial charge is 0.264 e. The highest BCUT2D eigenvalue weighted by Gasteiger charge is 2.25. The van der Waals surface area contributed by atoms with E-state index in [1.807, 2.05) is 30.3 Å². The van der Waals surface area contributed by atoms with E-state index in [0.29, 0.717) is 16.7 Å². The van der Waals surface area contributed by atoms with Gasteiger partial charge in [0.05, 0.1) is 6.04 Å². The van der Waals surface area contributed by atoms with Crippen LogP contribution in [0.15, 0.2) is 41.5 Å². The Morgan fingerprint density at radius 3 is 2.72 bits per heavy atom. The molecular weight excluding hydrogens is 318 g/mol. The molecule has 0 amide bonds. The monoisotopic (exact) mass is 336 g/mol. The van der Waals surface area contributed by atoms with Crippen molar-refractivity contribution in [2.45, 2.75) is 38.1 Å². The summed E-state index contributed by atoms with van der Waals surface area (Å²) in [4.78, 5) is 12.6. The molecule has 0 atom stereocenters. The molecule has 1 fully saturated rings. The molecule has 1 aliphatic carbocycles. The van der Waals surface area contributed by atoms with Crippen molar-refractivity contribution in [1.82, 2.24) is 29.7 Å². The van der Waals surface area contributed by atoms with E-state index in [2.05, 4.69) is 20.5 Å². The number of benzene rings is 1. The van der Waals surface area contributed by atoms with Crippen LogP contribution in [0.1, 0.15) is 38.1 Å². The van der Waals surface area contributed by atoms with Gasteiger partial charge in [-0.1, -0.05) is 51.9 Å². The van der Waals surface area contributed by atoms with Crippen LogP contribution in [0.25, 0.3) is 22.4 Å². The van der Waals surface area contributed by atoms with E-state index in [1.165, 1.54) is 19.3 Å². The summed E-state index contributed by atoms with van der Waals surface area (Å²) in [6, 6.07) is 10.0. The van der Waals surface area contributed by atoms with Crippen LogP contribution >= 0.6 is 0 Å². The van der Waals surface area contributed by atoms with Gasteiger partial charge in [-0.15, -0.1) is 5.10 Å². The highest BCUT2D eigenvalue weighted by Crippen LogP contribution is 2.29. The number of H-pyrrole nitrogens is 1. The van der Waals surface area contributed by atoms with E-state index < -0.39 is 0 Å². The number of rotatable bonds is 2. The van der Waals surface area contributed by atoms with E-state index >= 15 is 0 Å². The van der Waals surface area contributed by atoms with Crippen LogP contribution in [-0.2, 0) is 0 Å². The van der Waals surface area contributed by atoms with Gasteiger partial charge in [-0.3, -0.25) is 4.79 Å². The lowest BCUT2D eigenvalue weighted by molar-refractivity contribution is -0.655. The van der Waals surface area contributed by atoms with E-state index in [9.17, 15) is 4.79 Å². The molecule has 0 unspecified atom stereocenters. The molecule has 25 heavy (non-hydrogen) atoms. The third-order valence-electron chi connectivity index (χ3n) is 4.94. The van der Waals surface area contributed by atoms with E-state index in [0.717, 1.165) is 18.5 Å². The van der Waals surface area contributed by atoms with Crippen molar-refractivity contribution < 1.29 is 4.68 Å². The molecule has 1 aromatic carbocycles. The molecule has 8 heteroatoms. The maximum absolute atomic E-state index is 12.6. The minimum absolute atomic E-state index is 0.185. The van der Waals surface area contributed by atoms with Crippen molar-refractivity contribution in [3.05, 3.63) is 47.0 Å². The summed E-state index contributed by atoms with van der Waals surface area (Å²) in [7, 11) is 0. The Bertz CT molecular complexity index is 1100. The van der Waals surface area contributed by atoms with Crippen LogP contribution in [0, 0.1) is 0 Å². The maximum atomic E-state index is 12.6. The fourth-order valence-corrected chi connectivity index (χ4v) is 3.69. The van der Waals surface area contributed by atoms with E-state index in [4.69, 9.17) is 0 Å². The van der Waals surface area contributed by atoms with Crippen molar-refractivity contribution in [2.24, 2.45) is 0 Å². The SMILES string of the molecule is O=c1[nH]n2c[n+](-c3ccccc3)nc2c2nnn(C3CCCCC3)c12. The van der Waals surface area contributed by atoms with Crippen LogP contribution in [0.5, 0.6) is 0 Å². The van der Waals surface area contributed by atoms with Gasteiger partial charge in [0.25, 0.3) is 6.33 Å². The second kappa shape index (κ2) is 5.51. The average molecular weight is 336 g/mol. The van der Waals surface area contributed by atoms with Gasteiger partial charge in [0.15, 0.2) is 16.7 Å². The first kappa shape index (κ1) is 14.3. The van der Waals surface area contributed by atoms with Gasteiger partial charge in [-0.05, 0) is 30.1 Å². The summed E-state index contributed by atoms with van der Waals surface area (Å²) >= 11 is 0. The fraction of sp³-hybridized carbons (Fsp3) is 0.353. The summed E-state index contributed by atoms with van der Waals surface area (Å²) < 4.78 is 5.14. The number of nitrogens with zero attached hydrogens (tertiary/aromatic N) is 6. The second-order valence-corrected chi connectivity index (χ2v) is 6.55. The van der Waals surface area contributed by atoms with E-state index in [-0.39, 0.29) is 11.6 Å². The van der Waals surface area contributed by atoms with Crippen molar-refractivity contribution in [1.29, 1.82) is 0 Å². The summed E-state index contributed by atoms with van der Waals surface area (Å²) in [6.07, 6.45) is 7.42. The van der Waals surface area contributed by atoms with Gasteiger partial charge in [-0.2, -0.15) is 5.10 Å². The zero-order valence-electron chi connectivity index (χ0n) is 13.7. The molecule has 0 aliphatic heterocycles. The van der Waals surface area contributed by atoms with Crippen molar-refractivity contribution in [3.8, 4) is 5.69 Å². The number of fused-ring (bicyclic) bond motifs is 3. The Morgan fingerprint density at radius 1 is 1.12 bits per heavy atom. The first-order valence-corrected chi connectivity index (χ1v) is 8.65. The third kappa shape index (κ3) is 2.25. The topological polar surface area (TPSA) is 84.8 Å².